The maximum atomic E-state index is 5.89. The van der Waals surface area contributed by atoms with Crippen LogP contribution in [0.4, 0.5) is 0 Å². The summed E-state index contributed by atoms with van der Waals surface area (Å²) in [5, 5.41) is 4.75. The van der Waals surface area contributed by atoms with Gasteiger partial charge in [0.25, 0.3) is 0 Å². The van der Waals surface area contributed by atoms with Crippen molar-refractivity contribution in [2.45, 2.75) is 25.5 Å². The Balaban J connectivity index is 2.13. The first kappa shape index (κ1) is 8.08. The van der Waals surface area contributed by atoms with E-state index in [4.69, 9.17) is 16.3 Å². The summed E-state index contributed by atoms with van der Waals surface area (Å²) in [5.74, 6) is 0. The second-order valence-electron chi connectivity index (χ2n) is 2.92. The predicted octanol–water partition coefficient (Wildman–Crippen LogP) is 2.24. The number of hydrogen-bond donors (Lipinski definition) is 0. The van der Waals surface area contributed by atoms with E-state index in [0.29, 0.717) is 5.15 Å². The van der Waals surface area contributed by atoms with Gasteiger partial charge < -0.3 is 4.74 Å². The van der Waals surface area contributed by atoms with Gasteiger partial charge in [0, 0.05) is 6.61 Å². The van der Waals surface area contributed by atoms with Crippen LogP contribution in [0, 0.1) is 0 Å². The van der Waals surface area contributed by atoms with E-state index in [1.807, 2.05) is 0 Å². The van der Waals surface area contributed by atoms with E-state index in [0.717, 1.165) is 19.4 Å². The molecule has 1 atom stereocenters. The fourth-order valence-electron chi connectivity index (χ4n) is 1.43. The van der Waals surface area contributed by atoms with Crippen molar-refractivity contribution in [3.8, 4) is 0 Å². The molecule has 1 unspecified atom stereocenters. The highest BCUT2D eigenvalue weighted by molar-refractivity contribution is 6.29. The SMILES string of the molecule is Clc1ccnn1C1CCCCO1. The topological polar surface area (TPSA) is 27.1 Å². The van der Waals surface area contributed by atoms with Gasteiger partial charge in [0.15, 0.2) is 6.23 Å². The van der Waals surface area contributed by atoms with Gasteiger partial charge in [0.05, 0.1) is 6.20 Å². The summed E-state index contributed by atoms with van der Waals surface area (Å²) in [6, 6.07) is 1.78. The predicted molar refractivity (Wildman–Crippen MR) is 46.1 cm³/mol. The van der Waals surface area contributed by atoms with Gasteiger partial charge in [-0.2, -0.15) is 5.10 Å². The number of ether oxygens (including phenoxy) is 1. The molecular formula is C8H11ClN2O. The average molecular weight is 187 g/mol. The minimum atomic E-state index is 0.0567. The zero-order valence-electron chi connectivity index (χ0n) is 6.74. The van der Waals surface area contributed by atoms with Gasteiger partial charge in [0.2, 0.25) is 0 Å². The number of halogens is 1. The first-order valence-electron chi connectivity index (χ1n) is 4.18. The molecule has 12 heavy (non-hydrogen) atoms. The molecule has 1 fully saturated rings. The lowest BCUT2D eigenvalue weighted by atomic mass is 10.2. The van der Waals surface area contributed by atoms with E-state index in [1.165, 1.54) is 6.42 Å². The van der Waals surface area contributed by atoms with Crippen molar-refractivity contribution in [1.82, 2.24) is 9.78 Å². The summed E-state index contributed by atoms with van der Waals surface area (Å²) in [4.78, 5) is 0. The molecule has 1 saturated heterocycles. The average Bonchev–Trinajstić information content (AvgIpc) is 2.53. The Hall–Kier alpha value is -0.540. The molecule has 4 heteroatoms. The van der Waals surface area contributed by atoms with Gasteiger partial charge in [0.1, 0.15) is 5.15 Å². The maximum Gasteiger partial charge on any atom is 0.151 e. The second kappa shape index (κ2) is 3.46. The van der Waals surface area contributed by atoms with Crippen LogP contribution in [0.3, 0.4) is 0 Å². The van der Waals surface area contributed by atoms with Crippen LogP contribution < -0.4 is 0 Å². The van der Waals surface area contributed by atoms with Crippen molar-refractivity contribution in [2.75, 3.05) is 6.61 Å². The Morgan fingerprint density at radius 1 is 1.58 bits per heavy atom. The summed E-state index contributed by atoms with van der Waals surface area (Å²) in [6.07, 6.45) is 5.11. The highest BCUT2D eigenvalue weighted by Crippen LogP contribution is 2.24. The fourth-order valence-corrected chi connectivity index (χ4v) is 1.64. The Labute approximate surface area is 76.3 Å². The normalized spacial score (nSPS) is 24.2. The minimum Gasteiger partial charge on any atom is -0.356 e. The maximum absolute atomic E-state index is 5.89. The van der Waals surface area contributed by atoms with Gasteiger partial charge in [-0.15, -0.1) is 0 Å². The van der Waals surface area contributed by atoms with Gasteiger partial charge in [-0.3, -0.25) is 0 Å². The molecule has 0 radical (unpaired) electrons. The Bertz CT molecular complexity index is 255. The molecule has 2 heterocycles. The molecule has 3 nitrogen and oxygen atoms in total. The van der Waals surface area contributed by atoms with E-state index >= 15 is 0 Å². The molecule has 2 rings (SSSR count). The first-order valence-corrected chi connectivity index (χ1v) is 4.56. The number of rotatable bonds is 1. The van der Waals surface area contributed by atoms with Gasteiger partial charge >= 0.3 is 0 Å². The Kier molecular flexibility index (Phi) is 2.33. The van der Waals surface area contributed by atoms with Gasteiger partial charge in [-0.05, 0) is 25.3 Å². The summed E-state index contributed by atoms with van der Waals surface area (Å²) < 4.78 is 7.26. The molecular weight excluding hydrogens is 176 g/mol. The van der Waals surface area contributed by atoms with E-state index in [9.17, 15) is 0 Å². The largest absolute Gasteiger partial charge is 0.356 e. The third-order valence-electron chi connectivity index (χ3n) is 2.05. The minimum absolute atomic E-state index is 0.0567. The fraction of sp³-hybridized carbons (Fsp3) is 0.625. The van der Waals surface area contributed by atoms with Crippen LogP contribution in [-0.2, 0) is 4.74 Å². The molecule has 0 N–H and O–H groups in total. The van der Waals surface area contributed by atoms with Crippen LogP contribution in [-0.4, -0.2) is 16.4 Å². The van der Waals surface area contributed by atoms with Crippen molar-refractivity contribution in [3.63, 3.8) is 0 Å². The molecule has 0 aromatic carbocycles. The first-order chi connectivity index (χ1) is 5.88. The van der Waals surface area contributed by atoms with Crippen LogP contribution in [0.15, 0.2) is 12.3 Å². The van der Waals surface area contributed by atoms with Crippen molar-refractivity contribution in [2.24, 2.45) is 0 Å². The van der Waals surface area contributed by atoms with Crippen LogP contribution in [0.2, 0.25) is 5.15 Å². The lowest BCUT2D eigenvalue weighted by Crippen LogP contribution is -2.19. The van der Waals surface area contributed by atoms with Crippen molar-refractivity contribution < 1.29 is 4.74 Å². The lowest BCUT2D eigenvalue weighted by Gasteiger charge is -2.23. The highest BCUT2D eigenvalue weighted by atomic mass is 35.5. The molecule has 0 spiro atoms. The Morgan fingerprint density at radius 2 is 2.50 bits per heavy atom. The zero-order chi connectivity index (χ0) is 8.39. The number of hydrogen-bond acceptors (Lipinski definition) is 2. The van der Waals surface area contributed by atoms with Crippen LogP contribution in [0.5, 0.6) is 0 Å². The third kappa shape index (κ3) is 1.47. The molecule has 66 valence electrons. The van der Waals surface area contributed by atoms with E-state index in [-0.39, 0.29) is 6.23 Å². The van der Waals surface area contributed by atoms with Gasteiger partial charge in [-0.1, -0.05) is 11.6 Å². The Morgan fingerprint density at radius 3 is 3.08 bits per heavy atom. The quantitative estimate of drug-likeness (QED) is 0.673. The summed E-state index contributed by atoms with van der Waals surface area (Å²) in [6.45, 7) is 0.820. The second-order valence-corrected chi connectivity index (χ2v) is 3.31. The molecule has 1 aliphatic heterocycles. The monoisotopic (exact) mass is 186 g/mol. The molecule has 1 aromatic heterocycles. The third-order valence-corrected chi connectivity index (χ3v) is 2.35. The smallest absolute Gasteiger partial charge is 0.151 e. The number of nitrogens with zero attached hydrogens (tertiary/aromatic N) is 2. The molecule has 1 aliphatic rings. The lowest BCUT2D eigenvalue weighted by molar-refractivity contribution is -0.0392. The summed E-state index contributed by atoms with van der Waals surface area (Å²) in [5.41, 5.74) is 0. The highest BCUT2D eigenvalue weighted by Gasteiger charge is 2.17. The van der Waals surface area contributed by atoms with Crippen LogP contribution in [0.1, 0.15) is 25.5 Å². The number of aromatic nitrogens is 2. The van der Waals surface area contributed by atoms with Crippen molar-refractivity contribution in [1.29, 1.82) is 0 Å². The molecule has 0 amide bonds. The van der Waals surface area contributed by atoms with E-state index in [1.54, 1.807) is 16.9 Å². The molecule has 0 aliphatic carbocycles. The zero-order valence-corrected chi connectivity index (χ0v) is 7.50. The summed E-state index contributed by atoms with van der Waals surface area (Å²) >= 11 is 5.89. The van der Waals surface area contributed by atoms with E-state index < -0.39 is 0 Å². The van der Waals surface area contributed by atoms with Crippen molar-refractivity contribution in [3.05, 3.63) is 17.4 Å². The van der Waals surface area contributed by atoms with Crippen LogP contribution in [0.25, 0.3) is 0 Å². The molecule has 0 bridgehead atoms. The molecule has 1 aromatic rings. The van der Waals surface area contributed by atoms with Crippen molar-refractivity contribution >= 4 is 11.6 Å². The summed E-state index contributed by atoms with van der Waals surface area (Å²) in [7, 11) is 0. The van der Waals surface area contributed by atoms with E-state index in [2.05, 4.69) is 5.10 Å². The van der Waals surface area contributed by atoms with Crippen LogP contribution >= 0.6 is 11.6 Å². The molecule has 0 saturated carbocycles. The van der Waals surface area contributed by atoms with Gasteiger partial charge in [-0.25, -0.2) is 4.68 Å². The standard InChI is InChI=1S/C8H11ClN2O/c9-7-4-5-10-11(7)8-3-1-2-6-12-8/h4-5,8H,1-3,6H2.